The molecule has 21 heavy (non-hydrogen) atoms. The van der Waals surface area contributed by atoms with Gasteiger partial charge in [0, 0.05) is 16.1 Å². The predicted molar refractivity (Wildman–Crippen MR) is 92.6 cm³/mol. The smallest absolute Gasteiger partial charge is 0.135 e. The zero-order valence-corrected chi connectivity index (χ0v) is 14.7. The SMILES string of the molecule is CCC(C)(C)NCc1ccc(-c2ccc(Cl)cc2Cl)o1.Cl. The van der Waals surface area contributed by atoms with Gasteiger partial charge in [-0.15, -0.1) is 12.4 Å². The molecule has 5 heteroatoms. The molecule has 0 bridgehead atoms. The molecule has 0 radical (unpaired) electrons. The summed E-state index contributed by atoms with van der Waals surface area (Å²) in [4.78, 5) is 0. The first-order chi connectivity index (χ1) is 9.41. The van der Waals surface area contributed by atoms with E-state index < -0.39 is 0 Å². The van der Waals surface area contributed by atoms with E-state index in [1.54, 1.807) is 6.07 Å². The van der Waals surface area contributed by atoms with Crippen LogP contribution in [0.4, 0.5) is 0 Å². The maximum Gasteiger partial charge on any atom is 0.135 e. The lowest BCUT2D eigenvalue weighted by Gasteiger charge is -2.23. The summed E-state index contributed by atoms with van der Waals surface area (Å²) in [6.45, 7) is 7.21. The van der Waals surface area contributed by atoms with Crippen LogP contribution < -0.4 is 5.32 Å². The second kappa shape index (κ2) is 7.55. The van der Waals surface area contributed by atoms with Crippen molar-refractivity contribution in [1.29, 1.82) is 0 Å². The number of nitrogens with one attached hydrogen (secondary N) is 1. The molecule has 0 spiro atoms. The first-order valence-corrected chi connectivity index (χ1v) is 7.46. The third-order valence-electron chi connectivity index (χ3n) is 3.48. The van der Waals surface area contributed by atoms with Gasteiger partial charge in [0.25, 0.3) is 0 Å². The van der Waals surface area contributed by atoms with E-state index in [9.17, 15) is 0 Å². The quantitative estimate of drug-likeness (QED) is 0.722. The van der Waals surface area contributed by atoms with Crippen molar-refractivity contribution in [3.05, 3.63) is 46.1 Å². The molecule has 1 heterocycles. The van der Waals surface area contributed by atoms with E-state index in [2.05, 4.69) is 26.1 Å². The molecule has 1 aromatic carbocycles. The Hall–Kier alpha value is -0.670. The van der Waals surface area contributed by atoms with E-state index in [-0.39, 0.29) is 17.9 Å². The Kier molecular flexibility index (Phi) is 6.61. The van der Waals surface area contributed by atoms with Crippen molar-refractivity contribution < 1.29 is 4.42 Å². The van der Waals surface area contributed by atoms with Crippen LogP contribution in [0.5, 0.6) is 0 Å². The largest absolute Gasteiger partial charge is 0.460 e. The van der Waals surface area contributed by atoms with Crippen molar-refractivity contribution in [3.63, 3.8) is 0 Å². The molecule has 0 amide bonds. The molecule has 2 nitrogen and oxygen atoms in total. The molecule has 116 valence electrons. The molecule has 0 aliphatic heterocycles. The average molecular weight is 349 g/mol. The van der Waals surface area contributed by atoms with Gasteiger partial charge in [0.1, 0.15) is 11.5 Å². The van der Waals surface area contributed by atoms with Gasteiger partial charge < -0.3 is 9.73 Å². The highest BCUT2D eigenvalue weighted by molar-refractivity contribution is 6.36. The van der Waals surface area contributed by atoms with Crippen LogP contribution in [0.1, 0.15) is 33.0 Å². The second-order valence-electron chi connectivity index (χ2n) is 5.48. The number of hydrogen-bond donors (Lipinski definition) is 1. The molecule has 0 aliphatic carbocycles. The summed E-state index contributed by atoms with van der Waals surface area (Å²) in [6, 6.07) is 9.31. The van der Waals surface area contributed by atoms with Gasteiger partial charge in [0.15, 0.2) is 0 Å². The van der Waals surface area contributed by atoms with Crippen LogP contribution in [-0.2, 0) is 6.54 Å². The van der Waals surface area contributed by atoms with Gasteiger partial charge in [-0.05, 0) is 50.6 Å². The van der Waals surface area contributed by atoms with Crippen LogP contribution in [0.25, 0.3) is 11.3 Å². The Morgan fingerprint density at radius 3 is 2.48 bits per heavy atom. The molecule has 0 atom stereocenters. The van der Waals surface area contributed by atoms with E-state index in [0.29, 0.717) is 16.6 Å². The number of benzene rings is 1. The summed E-state index contributed by atoms with van der Waals surface area (Å²) >= 11 is 12.1. The first-order valence-electron chi connectivity index (χ1n) is 6.70. The van der Waals surface area contributed by atoms with Gasteiger partial charge in [0.2, 0.25) is 0 Å². The summed E-state index contributed by atoms with van der Waals surface area (Å²) in [5.41, 5.74) is 0.960. The van der Waals surface area contributed by atoms with Gasteiger partial charge in [-0.1, -0.05) is 30.1 Å². The van der Waals surface area contributed by atoms with Crippen LogP contribution >= 0.6 is 35.6 Å². The van der Waals surface area contributed by atoms with Crippen LogP contribution in [0.3, 0.4) is 0 Å². The van der Waals surface area contributed by atoms with E-state index in [1.807, 2.05) is 24.3 Å². The molecule has 1 N–H and O–H groups in total. The van der Waals surface area contributed by atoms with Gasteiger partial charge in [-0.2, -0.15) is 0 Å². The fraction of sp³-hybridized carbons (Fsp3) is 0.375. The molecule has 2 aromatic rings. The summed E-state index contributed by atoms with van der Waals surface area (Å²) < 4.78 is 5.84. The molecule has 0 saturated heterocycles. The summed E-state index contributed by atoms with van der Waals surface area (Å²) in [6.07, 6.45) is 1.06. The number of halogens is 3. The summed E-state index contributed by atoms with van der Waals surface area (Å²) in [5.74, 6) is 1.66. The second-order valence-corrected chi connectivity index (χ2v) is 6.32. The van der Waals surface area contributed by atoms with E-state index >= 15 is 0 Å². The van der Waals surface area contributed by atoms with Crippen molar-refractivity contribution >= 4 is 35.6 Å². The topological polar surface area (TPSA) is 25.2 Å². The third kappa shape index (κ3) is 4.93. The summed E-state index contributed by atoms with van der Waals surface area (Å²) in [5, 5.41) is 4.69. The zero-order chi connectivity index (χ0) is 14.8. The molecular weight excluding hydrogens is 329 g/mol. The fourth-order valence-corrected chi connectivity index (χ4v) is 2.26. The molecule has 0 unspecified atom stereocenters. The monoisotopic (exact) mass is 347 g/mol. The van der Waals surface area contributed by atoms with E-state index in [0.717, 1.165) is 23.5 Å². The van der Waals surface area contributed by atoms with E-state index in [4.69, 9.17) is 27.6 Å². The van der Waals surface area contributed by atoms with Crippen molar-refractivity contribution in [1.82, 2.24) is 5.32 Å². The minimum Gasteiger partial charge on any atom is -0.460 e. The lowest BCUT2D eigenvalue weighted by molar-refractivity contribution is 0.353. The van der Waals surface area contributed by atoms with Crippen molar-refractivity contribution in [2.45, 2.75) is 39.3 Å². The molecule has 2 rings (SSSR count). The van der Waals surface area contributed by atoms with Crippen LogP contribution in [0.2, 0.25) is 10.0 Å². The molecule has 0 aliphatic rings. The summed E-state index contributed by atoms with van der Waals surface area (Å²) in [7, 11) is 0. The van der Waals surface area contributed by atoms with Gasteiger partial charge in [-0.25, -0.2) is 0 Å². The van der Waals surface area contributed by atoms with Crippen molar-refractivity contribution in [2.75, 3.05) is 0 Å². The Morgan fingerprint density at radius 1 is 1.14 bits per heavy atom. The number of rotatable bonds is 5. The lowest BCUT2D eigenvalue weighted by atomic mass is 10.0. The Bertz CT molecular complexity index is 593. The van der Waals surface area contributed by atoms with Crippen molar-refractivity contribution in [3.8, 4) is 11.3 Å². The highest BCUT2D eigenvalue weighted by atomic mass is 35.5. The Balaban J connectivity index is 0.00000220. The van der Waals surface area contributed by atoms with E-state index in [1.165, 1.54) is 0 Å². The molecule has 0 fully saturated rings. The Morgan fingerprint density at radius 2 is 1.86 bits per heavy atom. The minimum absolute atomic E-state index is 0. The van der Waals surface area contributed by atoms with Gasteiger partial charge in [0.05, 0.1) is 11.6 Å². The van der Waals surface area contributed by atoms with Crippen molar-refractivity contribution in [2.24, 2.45) is 0 Å². The maximum absolute atomic E-state index is 6.19. The maximum atomic E-state index is 6.19. The zero-order valence-electron chi connectivity index (χ0n) is 12.4. The molecule has 0 saturated carbocycles. The lowest BCUT2D eigenvalue weighted by Crippen LogP contribution is -2.37. The molecular formula is C16H20Cl3NO. The molecule has 1 aromatic heterocycles. The normalized spacial score (nSPS) is 11.3. The van der Waals surface area contributed by atoms with Crippen LogP contribution in [0.15, 0.2) is 34.7 Å². The number of furan rings is 1. The predicted octanol–water partition coefficient (Wildman–Crippen LogP) is 5.95. The van der Waals surface area contributed by atoms with Crippen LogP contribution in [-0.4, -0.2) is 5.54 Å². The number of hydrogen-bond acceptors (Lipinski definition) is 2. The highest BCUT2D eigenvalue weighted by Gasteiger charge is 2.15. The van der Waals surface area contributed by atoms with Gasteiger partial charge >= 0.3 is 0 Å². The standard InChI is InChI=1S/C16H19Cl2NO.ClH/c1-4-16(2,3)19-10-12-6-8-15(20-12)13-7-5-11(17)9-14(13)18;/h5-9,19H,4,10H2,1-3H3;1H. The highest BCUT2D eigenvalue weighted by Crippen LogP contribution is 2.31. The van der Waals surface area contributed by atoms with Gasteiger partial charge in [-0.3, -0.25) is 0 Å². The minimum atomic E-state index is 0. The fourth-order valence-electron chi connectivity index (χ4n) is 1.76. The Labute approximate surface area is 142 Å². The first kappa shape index (κ1) is 18.4. The third-order valence-corrected chi connectivity index (χ3v) is 4.03. The average Bonchev–Trinajstić information content (AvgIpc) is 2.85. The van der Waals surface area contributed by atoms with Crippen LogP contribution in [0, 0.1) is 0 Å².